The standard InChI is InChI=1S/C12H12F5NO2/c1-3-20-9(19)5-7-4-8(12(15,16)17)10(11(13)14)6(2)18-7/h4,11H,3,5H2,1-2H3. The summed E-state index contributed by atoms with van der Waals surface area (Å²) in [4.78, 5) is 14.8. The summed E-state index contributed by atoms with van der Waals surface area (Å²) in [5.41, 5.74) is -3.34. The lowest BCUT2D eigenvalue weighted by molar-refractivity contribution is -0.143. The average molecular weight is 297 g/mol. The number of nitrogens with zero attached hydrogens (tertiary/aromatic N) is 1. The predicted molar refractivity (Wildman–Crippen MR) is 59.3 cm³/mol. The van der Waals surface area contributed by atoms with Gasteiger partial charge in [-0.25, -0.2) is 8.78 Å². The third-order valence-corrected chi connectivity index (χ3v) is 2.46. The van der Waals surface area contributed by atoms with Gasteiger partial charge in [-0.15, -0.1) is 0 Å². The Kier molecular flexibility index (Phi) is 5.02. The third-order valence-electron chi connectivity index (χ3n) is 2.46. The summed E-state index contributed by atoms with van der Waals surface area (Å²) in [6.07, 6.45) is -8.74. The molecular formula is C12H12F5NO2. The van der Waals surface area contributed by atoms with Crippen molar-refractivity contribution in [1.82, 2.24) is 4.98 Å². The van der Waals surface area contributed by atoms with Crippen LogP contribution in [0.3, 0.4) is 0 Å². The highest BCUT2D eigenvalue weighted by Gasteiger charge is 2.37. The van der Waals surface area contributed by atoms with Gasteiger partial charge in [0.05, 0.1) is 29.8 Å². The Hall–Kier alpha value is -1.73. The topological polar surface area (TPSA) is 39.2 Å². The van der Waals surface area contributed by atoms with E-state index in [-0.39, 0.29) is 12.3 Å². The zero-order chi connectivity index (χ0) is 15.5. The van der Waals surface area contributed by atoms with E-state index >= 15 is 0 Å². The van der Waals surface area contributed by atoms with E-state index in [9.17, 15) is 26.7 Å². The van der Waals surface area contributed by atoms with Gasteiger partial charge in [0.15, 0.2) is 0 Å². The zero-order valence-electron chi connectivity index (χ0n) is 10.7. The first kappa shape index (κ1) is 16.3. The molecule has 20 heavy (non-hydrogen) atoms. The smallest absolute Gasteiger partial charge is 0.417 e. The van der Waals surface area contributed by atoms with Gasteiger partial charge in [0, 0.05) is 5.69 Å². The molecule has 0 radical (unpaired) electrons. The number of pyridine rings is 1. The maximum atomic E-state index is 12.8. The van der Waals surface area contributed by atoms with E-state index in [0.29, 0.717) is 6.07 Å². The van der Waals surface area contributed by atoms with E-state index in [4.69, 9.17) is 0 Å². The van der Waals surface area contributed by atoms with Crippen LogP contribution in [0.2, 0.25) is 0 Å². The van der Waals surface area contributed by atoms with Gasteiger partial charge in [-0.05, 0) is 19.9 Å². The normalized spacial score (nSPS) is 11.8. The van der Waals surface area contributed by atoms with Crippen molar-refractivity contribution in [3.05, 3.63) is 28.6 Å². The number of esters is 1. The molecule has 0 spiro atoms. The highest BCUT2D eigenvalue weighted by molar-refractivity contribution is 5.72. The Labute approximate surface area is 111 Å². The van der Waals surface area contributed by atoms with Gasteiger partial charge in [-0.2, -0.15) is 13.2 Å². The first-order chi connectivity index (χ1) is 9.16. The van der Waals surface area contributed by atoms with Crippen LogP contribution in [-0.2, 0) is 22.1 Å². The van der Waals surface area contributed by atoms with Crippen molar-refractivity contribution in [2.75, 3.05) is 6.61 Å². The highest BCUT2D eigenvalue weighted by Crippen LogP contribution is 2.37. The van der Waals surface area contributed by atoms with Crippen molar-refractivity contribution >= 4 is 5.97 Å². The minimum atomic E-state index is -4.94. The van der Waals surface area contributed by atoms with Crippen LogP contribution in [0.5, 0.6) is 0 Å². The van der Waals surface area contributed by atoms with Crippen LogP contribution in [-0.4, -0.2) is 17.6 Å². The Morgan fingerprint density at radius 3 is 2.45 bits per heavy atom. The predicted octanol–water partition coefficient (Wildman–Crippen LogP) is 3.45. The molecule has 0 fully saturated rings. The fourth-order valence-electron chi connectivity index (χ4n) is 1.71. The monoisotopic (exact) mass is 297 g/mol. The van der Waals surface area contributed by atoms with E-state index in [1.54, 1.807) is 0 Å². The van der Waals surface area contributed by atoms with Gasteiger partial charge in [0.25, 0.3) is 6.43 Å². The number of carbonyl (C=O) groups excluding carboxylic acids is 1. The second kappa shape index (κ2) is 6.15. The maximum absolute atomic E-state index is 12.8. The first-order valence-electron chi connectivity index (χ1n) is 5.68. The van der Waals surface area contributed by atoms with Crippen LogP contribution in [0.4, 0.5) is 22.0 Å². The number of hydrogen-bond donors (Lipinski definition) is 0. The molecule has 1 heterocycles. The lowest BCUT2D eigenvalue weighted by atomic mass is 10.0. The van der Waals surface area contributed by atoms with Gasteiger partial charge in [-0.3, -0.25) is 9.78 Å². The quantitative estimate of drug-likeness (QED) is 0.631. The molecule has 0 saturated heterocycles. The van der Waals surface area contributed by atoms with E-state index in [0.717, 1.165) is 6.92 Å². The number of aryl methyl sites for hydroxylation is 1. The average Bonchev–Trinajstić information content (AvgIpc) is 2.26. The number of carbonyl (C=O) groups is 1. The van der Waals surface area contributed by atoms with Crippen molar-refractivity contribution < 1.29 is 31.5 Å². The highest BCUT2D eigenvalue weighted by atomic mass is 19.4. The van der Waals surface area contributed by atoms with Crippen molar-refractivity contribution in [1.29, 1.82) is 0 Å². The fourth-order valence-corrected chi connectivity index (χ4v) is 1.71. The van der Waals surface area contributed by atoms with E-state index in [2.05, 4.69) is 9.72 Å². The molecule has 0 bridgehead atoms. The molecule has 1 aromatic heterocycles. The SMILES string of the molecule is CCOC(=O)Cc1cc(C(F)(F)F)c(C(F)F)c(C)n1. The summed E-state index contributed by atoms with van der Waals surface area (Å²) >= 11 is 0. The second-order valence-electron chi connectivity index (χ2n) is 3.94. The number of hydrogen-bond acceptors (Lipinski definition) is 3. The molecule has 8 heteroatoms. The third kappa shape index (κ3) is 3.88. The zero-order valence-corrected chi connectivity index (χ0v) is 10.7. The summed E-state index contributed by atoms with van der Waals surface area (Å²) in [7, 11) is 0. The van der Waals surface area contributed by atoms with Crippen LogP contribution in [0.15, 0.2) is 6.07 Å². The summed E-state index contributed by atoms with van der Waals surface area (Å²) in [5, 5.41) is 0. The number of halogens is 5. The molecule has 3 nitrogen and oxygen atoms in total. The van der Waals surface area contributed by atoms with Crippen LogP contribution in [0, 0.1) is 6.92 Å². The largest absolute Gasteiger partial charge is 0.466 e. The number of rotatable bonds is 4. The van der Waals surface area contributed by atoms with E-state index in [1.165, 1.54) is 6.92 Å². The summed E-state index contributed by atoms with van der Waals surface area (Å²) in [5.74, 6) is -0.766. The first-order valence-corrected chi connectivity index (χ1v) is 5.68. The Morgan fingerprint density at radius 1 is 1.40 bits per heavy atom. The number of alkyl halides is 5. The van der Waals surface area contributed by atoms with Gasteiger partial charge >= 0.3 is 12.1 Å². The maximum Gasteiger partial charge on any atom is 0.417 e. The van der Waals surface area contributed by atoms with Gasteiger partial charge in [0.1, 0.15) is 0 Å². The number of aromatic nitrogens is 1. The Bertz CT molecular complexity index is 499. The molecule has 0 saturated carbocycles. The van der Waals surface area contributed by atoms with Crippen molar-refractivity contribution in [3.8, 4) is 0 Å². The lowest BCUT2D eigenvalue weighted by Gasteiger charge is -2.15. The van der Waals surface area contributed by atoms with Crippen molar-refractivity contribution in [2.24, 2.45) is 0 Å². The molecule has 1 aromatic rings. The van der Waals surface area contributed by atoms with E-state index < -0.39 is 41.8 Å². The molecule has 0 aliphatic carbocycles. The fraction of sp³-hybridized carbons (Fsp3) is 0.500. The molecule has 0 aromatic carbocycles. The summed E-state index contributed by atoms with van der Waals surface area (Å²) in [6.45, 7) is 2.65. The molecule has 0 unspecified atom stereocenters. The van der Waals surface area contributed by atoms with E-state index in [1.807, 2.05) is 0 Å². The lowest BCUT2D eigenvalue weighted by Crippen LogP contribution is -2.16. The van der Waals surface area contributed by atoms with Crippen LogP contribution >= 0.6 is 0 Å². The van der Waals surface area contributed by atoms with Crippen molar-refractivity contribution in [2.45, 2.75) is 32.9 Å². The number of ether oxygens (including phenoxy) is 1. The molecule has 112 valence electrons. The molecule has 0 aliphatic heterocycles. The van der Waals surface area contributed by atoms with Gasteiger partial charge in [-0.1, -0.05) is 0 Å². The molecule has 0 aliphatic rings. The molecular weight excluding hydrogens is 285 g/mol. The van der Waals surface area contributed by atoms with Gasteiger partial charge < -0.3 is 4.74 Å². The Balaban J connectivity index is 3.25. The van der Waals surface area contributed by atoms with Crippen molar-refractivity contribution in [3.63, 3.8) is 0 Å². The Morgan fingerprint density at radius 2 is 2.00 bits per heavy atom. The minimum absolute atomic E-state index is 0.0685. The van der Waals surface area contributed by atoms with Crippen LogP contribution in [0.1, 0.15) is 35.9 Å². The summed E-state index contributed by atoms with van der Waals surface area (Å²) in [6, 6.07) is 0.464. The van der Waals surface area contributed by atoms with Gasteiger partial charge in [0.2, 0.25) is 0 Å². The minimum Gasteiger partial charge on any atom is -0.466 e. The van der Waals surface area contributed by atoms with Crippen LogP contribution in [0.25, 0.3) is 0 Å². The van der Waals surface area contributed by atoms with Crippen LogP contribution < -0.4 is 0 Å². The molecule has 1 rings (SSSR count). The molecule has 0 atom stereocenters. The molecule has 0 amide bonds. The second-order valence-corrected chi connectivity index (χ2v) is 3.94. The molecule has 0 N–H and O–H groups in total. The summed E-state index contributed by atoms with van der Waals surface area (Å²) < 4.78 is 68.3.